The number of thiazole rings is 1. The molecule has 2 aliphatic rings. The second kappa shape index (κ2) is 11.4. The number of hydrogen-bond donors (Lipinski definition) is 2. The van der Waals surface area contributed by atoms with E-state index in [-0.39, 0.29) is 30.7 Å². The number of aryl methyl sites for hydroxylation is 1. The zero-order valence-electron chi connectivity index (χ0n) is 23.8. The van der Waals surface area contributed by atoms with Crippen LogP contribution >= 0.6 is 11.3 Å². The van der Waals surface area contributed by atoms with Crippen molar-refractivity contribution in [3.63, 3.8) is 0 Å². The number of amides is 3. The van der Waals surface area contributed by atoms with Crippen LogP contribution < -0.4 is 10.6 Å². The predicted molar refractivity (Wildman–Crippen MR) is 152 cm³/mol. The summed E-state index contributed by atoms with van der Waals surface area (Å²) < 4.78 is 14.4. The molecule has 4 rings (SSSR count). The van der Waals surface area contributed by atoms with Crippen LogP contribution in [0, 0.1) is 18.3 Å². The Bertz CT molecular complexity index is 1200. The van der Waals surface area contributed by atoms with Crippen molar-refractivity contribution in [2.45, 2.75) is 97.4 Å². The third kappa shape index (κ3) is 6.68. The number of rotatable bonds is 9. The largest absolute Gasteiger partial charge is 0.347 e. The molecule has 0 unspecified atom stereocenters. The highest BCUT2D eigenvalue weighted by molar-refractivity contribution is 7.13. The van der Waals surface area contributed by atoms with Gasteiger partial charge in [0.15, 0.2) is 5.67 Å². The minimum Gasteiger partial charge on any atom is -0.347 e. The lowest BCUT2D eigenvalue weighted by Crippen LogP contribution is -2.59. The first-order valence-corrected chi connectivity index (χ1v) is 14.8. The Morgan fingerprint density at radius 2 is 1.82 bits per heavy atom. The summed E-state index contributed by atoms with van der Waals surface area (Å²) in [4.78, 5) is 46.9. The van der Waals surface area contributed by atoms with Gasteiger partial charge in [-0.2, -0.15) is 0 Å². The van der Waals surface area contributed by atoms with E-state index in [1.807, 2.05) is 33.2 Å². The van der Waals surface area contributed by atoms with Crippen LogP contribution in [0.1, 0.15) is 84.0 Å². The van der Waals surface area contributed by atoms with E-state index in [2.05, 4.69) is 53.7 Å². The zero-order chi connectivity index (χ0) is 28.5. The molecule has 1 saturated carbocycles. The number of aromatic nitrogens is 1. The van der Waals surface area contributed by atoms with E-state index in [0.717, 1.165) is 28.1 Å². The summed E-state index contributed by atoms with van der Waals surface area (Å²) in [6.45, 7) is 12.2. The first-order chi connectivity index (χ1) is 18.3. The molecule has 1 aliphatic heterocycles. The van der Waals surface area contributed by atoms with Crippen molar-refractivity contribution >= 4 is 29.1 Å². The molecule has 39 heavy (non-hydrogen) atoms. The number of carbonyl (C=O) groups is 3. The second-order valence-corrected chi connectivity index (χ2v) is 13.4. The van der Waals surface area contributed by atoms with Gasteiger partial charge >= 0.3 is 0 Å². The number of hydrogen-bond acceptors (Lipinski definition) is 5. The fourth-order valence-corrected chi connectivity index (χ4v) is 5.99. The molecule has 1 saturated heterocycles. The summed E-state index contributed by atoms with van der Waals surface area (Å²) >= 11 is 1.60. The molecular weight excluding hydrogens is 515 g/mol. The van der Waals surface area contributed by atoms with E-state index in [0.29, 0.717) is 25.3 Å². The van der Waals surface area contributed by atoms with Gasteiger partial charge in [-0.05, 0) is 61.5 Å². The van der Waals surface area contributed by atoms with Crippen molar-refractivity contribution in [3.05, 3.63) is 41.0 Å². The standard InChI is InChI=1S/C30H41FN4O3S/c1-18(2)16-22(20-9-11-21(12-10-20)24-19(3)32-17-39-24)33-26(36)23-8-7-15-35(23)27(37)25(29(4,5)6)34-28(38)30(31)13-14-30/h9-12,17-18,22-23,25H,7-8,13-16H2,1-6H3,(H,33,36)(H,34,38)/t22-,23-,25+/m0/s1. The topological polar surface area (TPSA) is 91.4 Å². The normalized spacial score (nSPS) is 20.0. The maximum atomic E-state index is 14.4. The molecule has 0 spiro atoms. The summed E-state index contributed by atoms with van der Waals surface area (Å²) in [5.41, 5.74) is 2.43. The Kier molecular flexibility index (Phi) is 8.50. The van der Waals surface area contributed by atoms with Crippen LogP contribution in [-0.2, 0) is 14.4 Å². The van der Waals surface area contributed by atoms with Crippen LogP contribution in [0.25, 0.3) is 10.4 Å². The van der Waals surface area contributed by atoms with Gasteiger partial charge in [-0.3, -0.25) is 14.4 Å². The van der Waals surface area contributed by atoms with Gasteiger partial charge in [0, 0.05) is 6.54 Å². The average molecular weight is 557 g/mol. The highest BCUT2D eigenvalue weighted by atomic mass is 32.1. The first kappa shape index (κ1) is 29.2. The molecule has 1 aromatic heterocycles. The fraction of sp³-hybridized carbons (Fsp3) is 0.600. The number of benzene rings is 1. The maximum Gasteiger partial charge on any atom is 0.258 e. The molecule has 3 atom stereocenters. The Morgan fingerprint density at radius 1 is 1.15 bits per heavy atom. The van der Waals surface area contributed by atoms with Crippen LogP contribution in [-0.4, -0.2) is 51.9 Å². The molecule has 7 nitrogen and oxygen atoms in total. The molecule has 2 aromatic rings. The summed E-state index contributed by atoms with van der Waals surface area (Å²) in [7, 11) is 0. The van der Waals surface area contributed by atoms with Crippen LogP contribution in [0.3, 0.4) is 0 Å². The molecule has 2 heterocycles. The number of halogens is 1. The number of nitrogens with one attached hydrogen (secondary N) is 2. The van der Waals surface area contributed by atoms with Crippen LogP contribution in [0.2, 0.25) is 0 Å². The van der Waals surface area contributed by atoms with E-state index in [1.54, 1.807) is 16.2 Å². The highest BCUT2D eigenvalue weighted by Gasteiger charge is 2.53. The first-order valence-electron chi connectivity index (χ1n) is 13.9. The quantitative estimate of drug-likeness (QED) is 0.436. The monoisotopic (exact) mass is 556 g/mol. The van der Waals surface area contributed by atoms with Crippen LogP contribution in [0.4, 0.5) is 4.39 Å². The van der Waals surface area contributed by atoms with E-state index >= 15 is 0 Å². The minimum atomic E-state index is -1.87. The van der Waals surface area contributed by atoms with Crippen molar-refractivity contribution in [1.29, 1.82) is 0 Å². The van der Waals surface area contributed by atoms with Gasteiger partial charge in [0.05, 0.1) is 22.1 Å². The van der Waals surface area contributed by atoms with Crippen molar-refractivity contribution in [3.8, 4) is 10.4 Å². The van der Waals surface area contributed by atoms with Crippen LogP contribution in [0.15, 0.2) is 29.8 Å². The number of nitrogens with zero attached hydrogens (tertiary/aromatic N) is 2. The van der Waals surface area contributed by atoms with E-state index in [1.165, 1.54) is 0 Å². The molecule has 1 aromatic carbocycles. The van der Waals surface area contributed by atoms with Gasteiger partial charge in [-0.15, -0.1) is 11.3 Å². The number of likely N-dealkylation sites (tertiary alicyclic amines) is 1. The number of alkyl halides is 1. The average Bonchev–Trinajstić information content (AvgIpc) is 3.25. The molecule has 3 amide bonds. The zero-order valence-corrected chi connectivity index (χ0v) is 24.7. The summed E-state index contributed by atoms with van der Waals surface area (Å²) in [5.74, 6) is -0.916. The lowest BCUT2D eigenvalue weighted by atomic mass is 9.85. The third-order valence-corrected chi connectivity index (χ3v) is 8.64. The van der Waals surface area contributed by atoms with Gasteiger partial charge in [0.1, 0.15) is 12.1 Å². The van der Waals surface area contributed by atoms with Crippen molar-refractivity contribution in [1.82, 2.24) is 20.5 Å². The molecule has 1 aliphatic carbocycles. The smallest absolute Gasteiger partial charge is 0.258 e. The molecule has 2 N–H and O–H groups in total. The molecule has 0 bridgehead atoms. The molecule has 9 heteroatoms. The Morgan fingerprint density at radius 3 is 2.36 bits per heavy atom. The molecule has 212 valence electrons. The van der Waals surface area contributed by atoms with E-state index in [4.69, 9.17) is 0 Å². The third-order valence-electron chi connectivity index (χ3n) is 7.67. The van der Waals surface area contributed by atoms with Gasteiger partial charge in [0.25, 0.3) is 5.91 Å². The summed E-state index contributed by atoms with van der Waals surface area (Å²) in [6, 6.07) is 6.48. The van der Waals surface area contributed by atoms with E-state index < -0.39 is 29.1 Å². The van der Waals surface area contributed by atoms with Crippen LogP contribution in [0.5, 0.6) is 0 Å². The predicted octanol–water partition coefficient (Wildman–Crippen LogP) is 5.35. The molecular formula is C30H41FN4O3S. The molecule has 0 radical (unpaired) electrons. The minimum absolute atomic E-state index is 0.181. The summed E-state index contributed by atoms with van der Waals surface area (Å²) in [5, 5.41) is 5.89. The Labute approximate surface area is 235 Å². The Hall–Kier alpha value is -2.81. The summed E-state index contributed by atoms with van der Waals surface area (Å²) in [6.07, 6.45) is 2.36. The lowest BCUT2D eigenvalue weighted by Gasteiger charge is -2.36. The highest BCUT2D eigenvalue weighted by Crippen LogP contribution is 2.40. The Balaban J connectivity index is 1.50. The van der Waals surface area contributed by atoms with Gasteiger partial charge < -0.3 is 15.5 Å². The maximum absolute atomic E-state index is 14.4. The van der Waals surface area contributed by atoms with Crippen molar-refractivity contribution in [2.24, 2.45) is 11.3 Å². The second-order valence-electron chi connectivity index (χ2n) is 12.5. The van der Waals surface area contributed by atoms with Gasteiger partial charge in [0.2, 0.25) is 11.8 Å². The van der Waals surface area contributed by atoms with Crippen molar-refractivity contribution < 1.29 is 18.8 Å². The van der Waals surface area contributed by atoms with Gasteiger partial charge in [-0.1, -0.05) is 58.9 Å². The number of carbonyl (C=O) groups excluding carboxylic acids is 3. The molecule has 2 fully saturated rings. The SMILES string of the molecule is Cc1ncsc1-c1ccc([C@H](CC(C)C)NC(=O)[C@@H]2CCCN2C(=O)[C@@H](NC(=O)C2(F)CC2)C(C)(C)C)cc1. The van der Waals surface area contributed by atoms with Gasteiger partial charge in [-0.25, -0.2) is 9.37 Å². The van der Waals surface area contributed by atoms with E-state index in [9.17, 15) is 18.8 Å². The fourth-order valence-electron chi connectivity index (χ4n) is 5.18. The van der Waals surface area contributed by atoms with Crippen molar-refractivity contribution in [2.75, 3.05) is 6.54 Å². The lowest BCUT2D eigenvalue weighted by molar-refractivity contribution is -0.145.